The Morgan fingerprint density at radius 1 is 1.29 bits per heavy atom. The Hall–Kier alpha value is -0.570. The van der Waals surface area contributed by atoms with Gasteiger partial charge in [-0.25, -0.2) is 0 Å². The number of amides is 1. The van der Waals surface area contributed by atoms with Crippen LogP contribution in [0.5, 0.6) is 0 Å². The van der Waals surface area contributed by atoms with Gasteiger partial charge in [0.2, 0.25) is 5.91 Å². The van der Waals surface area contributed by atoms with E-state index in [0.29, 0.717) is 11.5 Å². The Morgan fingerprint density at radius 2 is 1.94 bits per heavy atom. The van der Waals surface area contributed by atoms with Crippen LogP contribution in [0.4, 0.5) is 0 Å². The average molecular weight is 240 g/mol. The molecule has 0 heterocycles. The number of carbonyl (C=O) groups is 1. The van der Waals surface area contributed by atoms with E-state index in [0.717, 1.165) is 19.0 Å². The van der Waals surface area contributed by atoms with Gasteiger partial charge in [-0.1, -0.05) is 34.6 Å². The van der Waals surface area contributed by atoms with Gasteiger partial charge < -0.3 is 10.6 Å². The fourth-order valence-corrected chi connectivity index (χ4v) is 2.81. The van der Waals surface area contributed by atoms with Gasteiger partial charge in [-0.3, -0.25) is 4.79 Å². The Balaban J connectivity index is 2.17. The molecule has 2 unspecified atom stereocenters. The van der Waals surface area contributed by atoms with E-state index in [1.54, 1.807) is 0 Å². The van der Waals surface area contributed by atoms with Gasteiger partial charge in [-0.15, -0.1) is 0 Å². The second-order valence-corrected chi connectivity index (χ2v) is 6.56. The van der Waals surface area contributed by atoms with Crippen molar-refractivity contribution in [1.29, 1.82) is 0 Å². The number of carbonyl (C=O) groups excluding carboxylic acids is 1. The molecule has 1 aliphatic rings. The Kier molecular flexibility index (Phi) is 4.99. The molecule has 1 saturated carbocycles. The molecule has 17 heavy (non-hydrogen) atoms. The van der Waals surface area contributed by atoms with Crippen LogP contribution in [0.25, 0.3) is 0 Å². The Bertz CT molecular complexity index is 261. The summed E-state index contributed by atoms with van der Waals surface area (Å²) in [6.07, 6.45) is 2.54. The molecular formula is C14H28N2O. The van der Waals surface area contributed by atoms with E-state index in [9.17, 15) is 4.79 Å². The minimum absolute atomic E-state index is 0.0827. The lowest BCUT2D eigenvalue weighted by Crippen LogP contribution is -2.39. The van der Waals surface area contributed by atoms with E-state index in [4.69, 9.17) is 0 Å². The number of rotatable bonds is 5. The SMILES string of the molecule is CC(C)C(=O)NCCNC1CC(C)(C)CC1C. The molecule has 0 radical (unpaired) electrons. The van der Waals surface area contributed by atoms with Gasteiger partial charge in [-0.05, 0) is 24.2 Å². The topological polar surface area (TPSA) is 41.1 Å². The van der Waals surface area contributed by atoms with Crippen molar-refractivity contribution in [3.8, 4) is 0 Å². The van der Waals surface area contributed by atoms with E-state index in [1.165, 1.54) is 12.8 Å². The first-order valence-electron chi connectivity index (χ1n) is 6.83. The molecule has 0 spiro atoms. The van der Waals surface area contributed by atoms with Gasteiger partial charge in [0.05, 0.1) is 0 Å². The molecule has 2 atom stereocenters. The van der Waals surface area contributed by atoms with Crippen molar-refractivity contribution >= 4 is 5.91 Å². The van der Waals surface area contributed by atoms with Crippen LogP contribution in [-0.4, -0.2) is 25.0 Å². The summed E-state index contributed by atoms with van der Waals surface area (Å²) in [5.74, 6) is 0.969. The predicted molar refractivity (Wildman–Crippen MR) is 71.8 cm³/mol. The first-order valence-corrected chi connectivity index (χ1v) is 6.83. The van der Waals surface area contributed by atoms with Crippen LogP contribution in [0.1, 0.15) is 47.5 Å². The van der Waals surface area contributed by atoms with Gasteiger partial charge in [0, 0.05) is 25.0 Å². The lowest BCUT2D eigenvalue weighted by molar-refractivity contribution is -0.123. The standard InChI is InChI=1S/C14H28N2O/c1-10(2)13(17)16-7-6-15-12-9-14(4,5)8-11(12)3/h10-12,15H,6-9H2,1-5H3,(H,16,17). The van der Waals surface area contributed by atoms with E-state index >= 15 is 0 Å². The summed E-state index contributed by atoms with van der Waals surface area (Å²) in [4.78, 5) is 11.4. The van der Waals surface area contributed by atoms with Crippen LogP contribution in [0.2, 0.25) is 0 Å². The molecule has 3 heteroatoms. The highest BCUT2D eigenvalue weighted by atomic mass is 16.1. The van der Waals surface area contributed by atoms with Crippen LogP contribution in [0, 0.1) is 17.3 Å². The maximum absolute atomic E-state index is 11.4. The summed E-state index contributed by atoms with van der Waals surface area (Å²) >= 11 is 0. The van der Waals surface area contributed by atoms with Crippen molar-refractivity contribution in [2.24, 2.45) is 17.3 Å². The smallest absolute Gasteiger partial charge is 0.222 e. The molecule has 1 aliphatic carbocycles. The van der Waals surface area contributed by atoms with Gasteiger partial charge in [0.15, 0.2) is 0 Å². The highest BCUT2D eigenvalue weighted by Crippen LogP contribution is 2.40. The van der Waals surface area contributed by atoms with Gasteiger partial charge in [0.25, 0.3) is 0 Å². The van der Waals surface area contributed by atoms with Crippen molar-refractivity contribution < 1.29 is 4.79 Å². The third-order valence-electron chi connectivity index (χ3n) is 3.69. The first-order chi connectivity index (χ1) is 7.82. The average Bonchev–Trinajstić information content (AvgIpc) is 2.46. The summed E-state index contributed by atoms with van der Waals surface area (Å²) in [5.41, 5.74) is 0.470. The molecule has 1 rings (SSSR count). The van der Waals surface area contributed by atoms with Crippen LogP contribution >= 0.6 is 0 Å². The quantitative estimate of drug-likeness (QED) is 0.723. The lowest BCUT2D eigenvalue weighted by Gasteiger charge is -2.19. The zero-order valence-corrected chi connectivity index (χ0v) is 12.0. The largest absolute Gasteiger partial charge is 0.355 e. The third kappa shape index (κ3) is 4.66. The second-order valence-electron chi connectivity index (χ2n) is 6.56. The molecule has 0 saturated heterocycles. The van der Waals surface area contributed by atoms with Crippen molar-refractivity contribution in [2.45, 2.75) is 53.5 Å². The minimum Gasteiger partial charge on any atom is -0.355 e. The van der Waals surface area contributed by atoms with Gasteiger partial charge in [0.1, 0.15) is 0 Å². The molecular weight excluding hydrogens is 212 g/mol. The monoisotopic (exact) mass is 240 g/mol. The van der Waals surface area contributed by atoms with E-state index in [-0.39, 0.29) is 11.8 Å². The molecule has 0 bridgehead atoms. The summed E-state index contributed by atoms with van der Waals surface area (Å²) in [5, 5.41) is 6.51. The molecule has 3 nitrogen and oxygen atoms in total. The van der Waals surface area contributed by atoms with Crippen molar-refractivity contribution in [3.63, 3.8) is 0 Å². The van der Waals surface area contributed by atoms with Crippen molar-refractivity contribution in [3.05, 3.63) is 0 Å². The van der Waals surface area contributed by atoms with Gasteiger partial charge >= 0.3 is 0 Å². The fourth-order valence-electron chi connectivity index (χ4n) is 2.81. The van der Waals surface area contributed by atoms with Crippen LogP contribution < -0.4 is 10.6 Å². The minimum atomic E-state index is 0.0827. The first kappa shape index (κ1) is 14.5. The lowest BCUT2D eigenvalue weighted by atomic mass is 9.91. The number of nitrogens with one attached hydrogen (secondary N) is 2. The molecule has 2 N–H and O–H groups in total. The Morgan fingerprint density at radius 3 is 2.41 bits per heavy atom. The maximum atomic E-state index is 11.4. The number of hydrogen-bond acceptors (Lipinski definition) is 2. The van der Waals surface area contributed by atoms with E-state index < -0.39 is 0 Å². The zero-order valence-electron chi connectivity index (χ0n) is 12.0. The summed E-state index contributed by atoms with van der Waals surface area (Å²) < 4.78 is 0. The highest BCUT2D eigenvalue weighted by Gasteiger charge is 2.35. The van der Waals surface area contributed by atoms with Crippen LogP contribution in [-0.2, 0) is 4.79 Å². The molecule has 1 fully saturated rings. The van der Waals surface area contributed by atoms with Crippen molar-refractivity contribution in [2.75, 3.05) is 13.1 Å². The molecule has 1 amide bonds. The maximum Gasteiger partial charge on any atom is 0.222 e. The zero-order chi connectivity index (χ0) is 13.1. The summed E-state index contributed by atoms with van der Waals surface area (Å²) in [6.45, 7) is 12.5. The highest BCUT2D eigenvalue weighted by molar-refractivity contribution is 5.77. The number of hydrogen-bond donors (Lipinski definition) is 2. The second kappa shape index (κ2) is 5.85. The normalized spacial score (nSPS) is 27.4. The van der Waals surface area contributed by atoms with E-state index in [2.05, 4.69) is 31.4 Å². The van der Waals surface area contributed by atoms with E-state index in [1.807, 2.05) is 13.8 Å². The molecule has 0 aromatic rings. The summed E-state index contributed by atoms with van der Waals surface area (Å²) in [6, 6.07) is 0.612. The van der Waals surface area contributed by atoms with Gasteiger partial charge in [-0.2, -0.15) is 0 Å². The molecule has 100 valence electrons. The molecule has 0 aliphatic heterocycles. The predicted octanol–water partition coefficient (Wildman–Crippen LogP) is 2.17. The third-order valence-corrected chi connectivity index (χ3v) is 3.69. The molecule has 0 aromatic carbocycles. The Labute approximate surface area is 106 Å². The van der Waals surface area contributed by atoms with Crippen molar-refractivity contribution in [1.82, 2.24) is 10.6 Å². The fraction of sp³-hybridized carbons (Fsp3) is 0.929. The van der Waals surface area contributed by atoms with Crippen LogP contribution in [0.3, 0.4) is 0 Å². The summed E-state index contributed by atoms with van der Waals surface area (Å²) in [7, 11) is 0. The van der Waals surface area contributed by atoms with Crippen LogP contribution in [0.15, 0.2) is 0 Å². The molecule has 0 aromatic heterocycles.